The van der Waals surface area contributed by atoms with Gasteiger partial charge in [-0.1, -0.05) is 160 Å². The maximum absolute atomic E-state index is 10.8. The third-order valence-corrected chi connectivity index (χ3v) is 11.5. The van der Waals surface area contributed by atoms with Crippen LogP contribution in [0.15, 0.2) is 316 Å². The number of nitro groups is 3. The molecule has 3 heterocycles. The molecule has 0 bridgehead atoms. The Bertz CT molecular complexity index is 3700. The number of nitrogens with two attached hydrogens (primary N) is 3. The van der Waals surface area contributed by atoms with Gasteiger partial charge >= 0.3 is 0 Å². The summed E-state index contributed by atoms with van der Waals surface area (Å²) < 4.78 is 0. The fourth-order valence-corrected chi connectivity index (χ4v) is 6.48. The molecular formula is C78H95BClN14O11. The third-order valence-electron chi connectivity index (χ3n) is 11.5. The largest absolute Gasteiger partial charge is 0.399 e. The van der Waals surface area contributed by atoms with Gasteiger partial charge in [0, 0.05) is 185 Å². The minimum Gasteiger partial charge on any atom is -0.399 e. The molecule has 0 saturated carbocycles. The Kier molecular flexibility index (Phi) is 58.5. The lowest BCUT2D eigenvalue weighted by atomic mass is 10.3. The van der Waals surface area contributed by atoms with E-state index >= 15 is 0 Å². The normalized spacial score (nSPS) is 8.54. The number of anilines is 8. The second-order valence-corrected chi connectivity index (χ2v) is 20.2. The van der Waals surface area contributed by atoms with Gasteiger partial charge in [0.2, 0.25) is 28.9 Å². The van der Waals surface area contributed by atoms with Crippen molar-refractivity contribution < 1.29 is 40.2 Å². The smallest absolute Gasteiger partial charge is 0.269 e. The standard InChI is InChI=1S/2C8H10N2O.2C8H9NO.C6H8N2.3C6H5NO2.3C6H7N.C2H3ClO.2CH4.B.H2/c2*1-7(11)10(2)8-3-5-9-6-4-8;2*1-7(10)9-8-5-3-2-4-6-8;1-7-6-2-4-8-5-3-6;3*8-7(9)6-4-2-1-3-5-6;3*7-6-4-2-1-3-5-6;1-2(3)4;;;;/h2*3-6H,1-2H3;2*2-6H,1H3,(H,9,10);2-5H,1H3,(H,7,8);3*1-5H;3*1-5H,7H2;1H3;2*1H4;;1H/i;;;;;;;;;;;;;;;1+1. The number of carbonyl (C=O) groups is 5. The number of nitrogens with one attached hydrogen (secondary N) is 3. The van der Waals surface area contributed by atoms with Crippen LogP contribution in [0.1, 0.15) is 50.9 Å². The van der Waals surface area contributed by atoms with Gasteiger partial charge in [0.1, 0.15) is 0 Å². The van der Waals surface area contributed by atoms with Gasteiger partial charge in [-0.3, -0.25) is 69.3 Å². The van der Waals surface area contributed by atoms with E-state index in [4.69, 9.17) is 17.2 Å². The summed E-state index contributed by atoms with van der Waals surface area (Å²) in [6.07, 6.45) is 10.2. The minimum absolute atomic E-state index is 0. The average Bonchev–Trinajstić information content (AvgIpc) is 0.908. The van der Waals surface area contributed by atoms with E-state index in [9.17, 15) is 54.3 Å². The molecule has 0 spiro atoms. The zero-order valence-corrected chi connectivity index (χ0v) is 59.0. The first-order chi connectivity index (χ1) is 48.8. The zero-order chi connectivity index (χ0) is 76.1. The van der Waals surface area contributed by atoms with Crippen LogP contribution in [-0.4, -0.2) is 88.1 Å². The summed E-state index contributed by atoms with van der Waals surface area (Å²) in [5, 5.41) is 38.0. The number of nitrogen functional groups attached to an aromatic ring is 3. The Hall–Kier alpha value is -13.5. The van der Waals surface area contributed by atoms with Crippen molar-refractivity contribution in [1.82, 2.24) is 15.0 Å². The Morgan fingerprint density at radius 1 is 0.362 bits per heavy atom. The molecule has 0 atom stereocenters. The van der Waals surface area contributed by atoms with E-state index in [1.807, 2.05) is 171 Å². The van der Waals surface area contributed by atoms with Gasteiger partial charge in [-0.2, -0.15) is 0 Å². The second-order valence-electron chi connectivity index (χ2n) is 19.6. The fourth-order valence-electron chi connectivity index (χ4n) is 6.48. The van der Waals surface area contributed by atoms with Crippen molar-refractivity contribution in [3.05, 3.63) is 347 Å². The van der Waals surface area contributed by atoms with Gasteiger partial charge < -0.3 is 43.0 Å². The summed E-state index contributed by atoms with van der Waals surface area (Å²) in [5.41, 5.74) is 23.5. The number of aromatic nitrogens is 3. The van der Waals surface area contributed by atoms with Crippen LogP contribution in [0, 0.1) is 30.3 Å². The van der Waals surface area contributed by atoms with Crippen molar-refractivity contribution in [3.8, 4) is 0 Å². The molecule has 0 saturated heterocycles. The lowest BCUT2D eigenvalue weighted by Gasteiger charge is -2.13. The van der Waals surface area contributed by atoms with Crippen LogP contribution in [0.4, 0.5) is 62.6 Å². The Morgan fingerprint density at radius 2 is 0.552 bits per heavy atom. The summed E-state index contributed by atoms with van der Waals surface area (Å²) in [4.78, 5) is 95.4. The third kappa shape index (κ3) is 56.0. The first-order valence-electron chi connectivity index (χ1n) is 30.4. The Balaban J connectivity index is -0.000000351. The van der Waals surface area contributed by atoms with Crippen LogP contribution < -0.4 is 43.0 Å². The van der Waals surface area contributed by atoms with Gasteiger partial charge in [0.15, 0.2) is 0 Å². The first kappa shape index (κ1) is 97.9. The molecule has 0 unspecified atom stereocenters. The van der Waals surface area contributed by atoms with Crippen molar-refractivity contribution >= 4 is 111 Å². The number of carbonyl (C=O) groups excluding carboxylic acids is 5. The molecule has 105 heavy (non-hydrogen) atoms. The summed E-state index contributed by atoms with van der Waals surface area (Å²) in [7, 11) is 5.35. The SMILES string of the molecule is C.C.CC(=O)Cl.CC(=O)N(C)c1ccncc1.CC(=O)N(C)c1ccncc1.CC(=O)Nc1ccccc1.CC(=O)Nc1ccccc1.CNc1ccncc1.Nc1ccccc1.Nc1ccccc1.Nc1ccccc1.O=[N+]([O-])c1ccccc1.O=[N+]([O-])c1ccccc1.O=[N+]([O-])c1ccccc1.[2HH].[B]. The number of halogens is 1. The number of non-ortho nitro benzene ring substituents is 3. The number of rotatable bonds is 8. The van der Waals surface area contributed by atoms with Crippen molar-refractivity contribution in [2.24, 2.45) is 0 Å². The number of para-hydroxylation sites is 8. The van der Waals surface area contributed by atoms with Crippen molar-refractivity contribution in [1.29, 1.82) is 0 Å². The quantitative estimate of drug-likeness (QED) is 0.0270. The van der Waals surface area contributed by atoms with Gasteiger partial charge in [-0.25, -0.2) is 0 Å². The lowest BCUT2D eigenvalue weighted by Crippen LogP contribution is -2.22. The molecule has 0 aliphatic rings. The molecule has 0 aliphatic heterocycles. The highest BCUT2D eigenvalue weighted by molar-refractivity contribution is 6.62. The molecule has 27 heteroatoms. The van der Waals surface area contributed by atoms with Crippen LogP contribution in [-0.2, 0) is 24.0 Å². The molecule has 8 aromatic carbocycles. The predicted molar refractivity (Wildman–Crippen MR) is 432 cm³/mol. The lowest BCUT2D eigenvalue weighted by molar-refractivity contribution is -0.385. The van der Waals surface area contributed by atoms with E-state index in [2.05, 4.69) is 42.5 Å². The molecule has 0 fully saturated rings. The molecule has 553 valence electrons. The number of amides is 4. The van der Waals surface area contributed by atoms with E-state index in [0.717, 1.165) is 45.5 Å². The molecule has 11 rings (SSSR count). The number of hydrogen-bond acceptors (Lipinski definition) is 18. The van der Waals surface area contributed by atoms with Gasteiger partial charge in [-0.05, 0) is 109 Å². The molecule has 11 aromatic rings. The van der Waals surface area contributed by atoms with E-state index < -0.39 is 14.8 Å². The molecule has 3 aromatic heterocycles. The molecule has 3 radical (unpaired) electrons. The van der Waals surface area contributed by atoms with Crippen LogP contribution in [0.25, 0.3) is 0 Å². The van der Waals surface area contributed by atoms with Crippen molar-refractivity contribution in [2.45, 2.75) is 49.5 Å². The van der Waals surface area contributed by atoms with E-state index in [1.54, 1.807) is 140 Å². The van der Waals surface area contributed by atoms with Gasteiger partial charge in [0.25, 0.3) is 17.1 Å². The highest BCUT2D eigenvalue weighted by atomic mass is 35.5. The van der Waals surface area contributed by atoms with Gasteiger partial charge in [0.05, 0.1) is 14.8 Å². The number of hydrogen-bond donors (Lipinski definition) is 6. The fraction of sp³-hybridized carbons (Fsp3) is 0.128. The first-order valence-corrected chi connectivity index (χ1v) is 30.8. The van der Waals surface area contributed by atoms with Crippen LogP contribution in [0.3, 0.4) is 0 Å². The molecular weight excluding hydrogens is 1360 g/mol. The van der Waals surface area contributed by atoms with E-state index in [-0.39, 0.29) is 70.6 Å². The van der Waals surface area contributed by atoms with Crippen LogP contribution in [0.2, 0.25) is 0 Å². The number of nitro benzene ring substituents is 3. The van der Waals surface area contributed by atoms with Crippen LogP contribution >= 0.6 is 11.6 Å². The molecule has 0 aliphatic carbocycles. The molecule has 4 amide bonds. The average molecular weight is 1450 g/mol. The topological polar surface area (TPSA) is 374 Å². The number of benzene rings is 8. The highest BCUT2D eigenvalue weighted by Gasteiger charge is 2.05. The minimum atomic E-state index is -0.417. The Morgan fingerprint density at radius 3 is 0.695 bits per heavy atom. The monoisotopic (exact) mass is 1450 g/mol. The zero-order valence-electron chi connectivity index (χ0n) is 58.3. The highest BCUT2D eigenvalue weighted by Crippen LogP contribution is 2.12. The predicted octanol–water partition coefficient (Wildman–Crippen LogP) is 17.0. The van der Waals surface area contributed by atoms with E-state index in [0.29, 0.717) is 0 Å². The molecule has 9 N–H and O–H groups in total. The van der Waals surface area contributed by atoms with Gasteiger partial charge in [-0.15, -0.1) is 0 Å². The maximum Gasteiger partial charge on any atom is 0.269 e. The Labute approximate surface area is 623 Å². The summed E-state index contributed by atoms with van der Waals surface area (Å²) >= 11 is 4.64. The number of pyridine rings is 3. The number of nitrogens with zero attached hydrogens (tertiary/aromatic N) is 8. The van der Waals surface area contributed by atoms with E-state index in [1.165, 1.54) is 71.0 Å². The summed E-state index contributed by atoms with van der Waals surface area (Å²) in [6, 6.07) is 82.0. The second kappa shape index (κ2) is 62.7. The van der Waals surface area contributed by atoms with Crippen LogP contribution in [0.5, 0.6) is 0 Å². The van der Waals surface area contributed by atoms with Crippen molar-refractivity contribution in [2.75, 3.05) is 64.1 Å². The molecule has 25 nitrogen and oxygen atoms in total. The summed E-state index contributed by atoms with van der Waals surface area (Å²) in [6.45, 7) is 7.34. The van der Waals surface area contributed by atoms with Crippen molar-refractivity contribution in [3.63, 3.8) is 0 Å². The summed E-state index contributed by atoms with van der Waals surface area (Å²) in [5.74, 6) is -0.0233. The maximum atomic E-state index is 10.8.